The molecule has 18 heavy (non-hydrogen) atoms. The van der Waals surface area contributed by atoms with Gasteiger partial charge in [-0.25, -0.2) is 0 Å². The summed E-state index contributed by atoms with van der Waals surface area (Å²) >= 11 is 0. The molecular weight excluding hydrogens is 222 g/mol. The van der Waals surface area contributed by atoms with Crippen LogP contribution in [0.4, 0.5) is 0 Å². The van der Waals surface area contributed by atoms with E-state index < -0.39 is 0 Å². The molecular formula is C16H25NO. The molecule has 1 heterocycles. The van der Waals surface area contributed by atoms with Gasteiger partial charge in [0.1, 0.15) is 0 Å². The summed E-state index contributed by atoms with van der Waals surface area (Å²) in [6.45, 7) is 6.25. The van der Waals surface area contributed by atoms with E-state index in [0.29, 0.717) is 12.1 Å². The minimum Gasteiger partial charge on any atom is -0.378 e. The third-order valence-electron chi connectivity index (χ3n) is 3.69. The highest BCUT2D eigenvalue weighted by molar-refractivity contribution is 5.21. The molecule has 0 radical (unpaired) electrons. The van der Waals surface area contributed by atoms with Crippen molar-refractivity contribution in [2.24, 2.45) is 0 Å². The Labute approximate surface area is 111 Å². The Kier molecular flexibility index (Phi) is 5.21. The van der Waals surface area contributed by atoms with E-state index in [4.69, 9.17) is 4.74 Å². The van der Waals surface area contributed by atoms with Crippen molar-refractivity contribution in [1.29, 1.82) is 0 Å². The molecule has 1 aliphatic heterocycles. The molecule has 1 aromatic rings. The van der Waals surface area contributed by atoms with Gasteiger partial charge in [-0.1, -0.05) is 43.2 Å². The van der Waals surface area contributed by atoms with E-state index in [1.165, 1.54) is 30.4 Å². The van der Waals surface area contributed by atoms with Gasteiger partial charge in [-0.2, -0.15) is 0 Å². The second kappa shape index (κ2) is 6.91. The number of nitrogens with one attached hydrogen (secondary N) is 1. The summed E-state index contributed by atoms with van der Waals surface area (Å²) in [5.74, 6) is 0. The maximum Gasteiger partial charge on any atom is 0.0589 e. The van der Waals surface area contributed by atoms with E-state index in [2.05, 4.69) is 43.4 Å². The molecule has 2 nitrogen and oxygen atoms in total. The van der Waals surface area contributed by atoms with Gasteiger partial charge in [0, 0.05) is 19.2 Å². The lowest BCUT2D eigenvalue weighted by Crippen LogP contribution is -2.38. The van der Waals surface area contributed by atoms with Crippen LogP contribution in [0.5, 0.6) is 0 Å². The van der Waals surface area contributed by atoms with Crippen LogP contribution in [0.1, 0.15) is 43.7 Å². The molecule has 1 N–H and O–H groups in total. The number of hydrogen-bond acceptors (Lipinski definition) is 2. The lowest BCUT2D eigenvalue weighted by Gasteiger charge is -2.30. The third-order valence-corrected chi connectivity index (χ3v) is 3.69. The van der Waals surface area contributed by atoms with Crippen molar-refractivity contribution in [1.82, 2.24) is 5.32 Å². The summed E-state index contributed by atoms with van der Waals surface area (Å²) in [5, 5.41) is 3.67. The highest BCUT2D eigenvalue weighted by Crippen LogP contribution is 2.18. The van der Waals surface area contributed by atoms with Crippen LogP contribution in [0.25, 0.3) is 0 Å². The number of benzene rings is 1. The first-order valence-electron chi connectivity index (χ1n) is 7.18. The van der Waals surface area contributed by atoms with Gasteiger partial charge in [0.25, 0.3) is 0 Å². The fraction of sp³-hybridized carbons (Fsp3) is 0.625. The Morgan fingerprint density at radius 2 is 2.06 bits per heavy atom. The zero-order valence-electron chi connectivity index (χ0n) is 11.6. The monoisotopic (exact) mass is 247 g/mol. The molecule has 1 saturated heterocycles. The Bertz CT molecular complexity index is 345. The van der Waals surface area contributed by atoms with Crippen LogP contribution in [-0.2, 0) is 11.3 Å². The van der Waals surface area contributed by atoms with E-state index in [9.17, 15) is 0 Å². The molecule has 0 aromatic heterocycles. The summed E-state index contributed by atoms with van der Waals surface area (Å²) in [4.78, 5) is 0. The van der Waals surface area contributed by atoms with Gasteiger partial charge in [0.15, 0.2) is 0 Å². The Morgan fingerprint density at radius 3 is 2.78 bits per heavy atom. The van der Waals surface area contributed by atoms with Gasteiger partial charge in [-0.3, -0.25) is 0 Å². The minimum absolute atomic E-state index is 0.472. The lowest BCUT2D eigenvalue weighted by molar-refractivity contribution is -0.00342. The molecule has 1 fully saturated rings. The van der Waals surface area contributed by atoms with Crippen LogP contribution >= 0.6 is 0 Å². The lowest BCUT2D eigenvalue weighted by atomic mass is 10.00. The smallest absolute Gasteiger partial charge is 0.0589 e. The van der Waals surface area contributed by atoms with Gasteiger partial charge >= 0.3 is 0 Å². The summed E-state index contributed by atoms with van der Waals surface area (Å²) in [5.41, 5.74) is 2.70. The number of ether oxygens (including phenoxy) is 1. The first-order chi connectivity index (χ1) is 8.78. The Balaban J connectivity index is 1.77. The van der Waals surface area contributed by atoms with Crippen molar-refractivity contribution < 1.29 is 4.74 Å². The zero-order valence-corrected chi connectivity index (χ0v) is 11.6. The standard InChI is InChI=1S/C16H25NO/c1-3-4-16-11-15(9-10-18-16)17-12-14-7-5-13(2)6-8-14/h5-8,15-17H,3-4,9-12H2,1-2H3. The van der Waals surface area contributed by atoms with Crippen LogP contribution in [0.3, 0.4) is 0 Å². The molecule has 1 aliphatic rings. The number of aryl methyl sites for hydroxylation is 1. The fourth-order valence-electron chi connectivity index (χ4n) is 2.56. The van der Waals surface area contributed by atoms with Gasteiger partial charge in [0.05, 0.1) is 6.10 Å². The number of hydrogen-bond donors (Lipinski definition) is 1. The molecule has 1 aromatic carbocycles. The van der Waals surface area contributed by atoms with Crippen LogP contribution in [-0.4, -0.2) is 18.8 Å². The maximum absolute atomic E-state index is 5.78. The summed E-state index contributed by atoms with van der Waals surface area (Å²) in [7, 11) is 0. The molecule has 2 atom stereocenters. The summed E-state index contributed by atoms with van der Waals surface area (Å²) in [6, 6.07) is 9.41. The van der Waals surface area contributed by atoms with Crippen molar-refractivity contribution in [2.45, 2.75) is 58.2 Å². The number of rotatable bonds is 5. The van der Waals surface area contributed by atoms with E-state index >= 15 is 0 Å². The van der Waals surface area contributed by atoms with E-state index in [1.807, 2.05) is 0 Å². The predicted octanol–water partition coefficient (Wildman–Crippen LogP) is 3.43. The Hall–Kier alpha value is -0.860. The van der Waals surface area contributed by atoms with Crippen molar-refractivity contribution in [3.05, 3.63) is 35.4 Å². The molecule has 100 valence electrons. The molecule has 0 bridgehead atoms. The minimum atomic E-state index is 0.472. The van der Waals surface area contributed by atoms with Crippen LogP contribution in [0.2, 0.25) is 0 Å². The Morgan fingerprint density at radius 1 is 1.28 bits per heavy atom. The second-order valence-corrected chi connectivity index (χ2v) is 5.37. The summed E-state index contributed by atoms with van der Waals surface area (Å²) < 4.78 is 5.78. The molecule has 0 aliphatic carbocycles. The second-order valence-electron chi connectivity index (χ2n) is 5.37. The van der Waals surface area contributed by atoms with Crippen molar-refractivity contribution in [2.75, 3.05) is 6.61 Å². The third kappa shape index (κ3) is 4.11. The first-order valence-corrected chi connectivity index (χ1v) is 7.18. The maximum atomic E-state index is 5.78. The van der Waals surface area contributed by atoms with Gasteiger partial charge < -0.3 is 10.1 Å². The molecule has 0 amide bonds. The van der Waals surface area contributed by atoms with Crippen molar-refractivity contribution in [3.8, 4) is 0 Å². The molecule has 0 saturated carbocycles. The predicted molar refractivity (Wildman–Crippen MR) is 75.7 cm³/mol. The topological polar surface area (TPSA) is 21.3 Å². The average molecular weight is 247 g/mol. The van der Waals surface area contributed by atoms with Gasteiger partial charge in [0.2, 0.25) is 0 Å². The summed E-state index contributed by atoms with van der Waals surface area (Å²) in [6.07, 6.45) is 5.20. The first kappa shape index (κ1) is 13.6. The molecule has 0 spiro atoms. The van der Waals surface area contributed by atoms with E-state index in [-0.39, 0.29) is 0 Å². The van der Waals surface area contributed by atoms with Gasteiger partial charge in [-0.05, 0) is 31.7 Å². The quantitative estimate of drug-likeness (QED) is 0.860. The van der Waals surface area contributed by atoms with Crippen LogP contribution < -0.4 is 5.32 Å². The van der Waals surface area contributed by atoms with Crippen molar-refractivity contribution >= 4 is 0 Å². The molecule has 2 rings (SSSR count). The SMILES string of the molecule is CCCC1CC(NCc2ccc(C)cc2)CCO1. The van der Waals surface area contributed by atoms with E-state index in [1.54, 1.807) is 0 Å². The zero-order chi connectivity index (χ0) is 12.8. The normalized spacial score (nSPS) is 24.1. The van der Waals surface area contributed by atoms with Crippen molar-refractivity contribution in [3.63, 3.8) is 0 Å². The van der Waals surface area contributed by atoms with Crippen LogP contribution in [0, 0.1) is 6.92 Å². The average Bonchev–Trinajstić information content (AvgIpc) is 2.39. The fourth-order valence-corrected chi connectivity index (χ4v) is 2.56. The molecule has 2 unspecified atom stereocenters. The highest BCUT2D eigenvalue weighted by Gasteiger charge is 2.21. The molecule has 2 heteroatoms. The van der Waals surface area contributed by atoms with Gasteiger partial charge in [-0.15, -0.1) is 0 Å². The van der Waals surface area contributed by atoms with Crippen LogP contribution in [0.15, 0.2) is 24.3 Å². The largest absolute Gasteiger partial charge is 0.378 e. The van der Waals surface area contributed by atoms with E-state index in [0.717, 1.165) is 19.6 Å². The highest BCUT2D eigenvalue weighted by atomic mass is 16.5.